The summed E-state index contributed by atoms with van der Waals surface area (Å²) in [5.41, 5.74) is 1.38. The van der Waals surface area contributed by atoms with E-state index in [0.717, 1.165) is 36.8 Å². The van der Waals surface area contributed by atoms with Gasteiger partial charge in [-0.25, -0.2) is 0 Å². The van der Waals surface area contributed by atoms with Crippen LogP contribution in [-0.2, 0) is 0 Å². The Labute approximate surface area is 105 Å². The van der Waals surface area contributed by atoms with Gasteiger partial charge in [-0.1, -0.05) is 18.2 Å². The van der Waals surface area contributed by atoms with Crippen LogP contribution in [0.3, 0.4) is 0 Å². The molecule has 1 atom stereocenters. The second-order valence-corrected chi connectivity index (χ2v) is 4.63. The summed E-state index contributed by atoms with van der Waals surface area (Å²) in [5, 5.41) is 14.2. The van der Waals surface area contributed by atoms with Crippen molar-refractivity contribution in [3.05, 3.63) is 30.0 Å². The molecule has 2 heterocycles. The van der Waals surface area contributed by atoms with Crippen LogP contribution in [0.25, 0.3) is 10.9 Å². The molecule has 1 aliphatic rings. The Hall–Kier alpha value is -1.88. The lowest BCUT2D eigenvalue weighted by atomic mass is 10.1. The minimum Gasteiger partial charge on any atom is -0.347 e. The number of rotatable bonds is 2. The highest BCUT2D eigenvalue weighted by Crippen LogP contribution is 2.15. The summed E-state index contributed by atoms with van der Waals surface area (Å²) in [6, 6.07) is 7.87. The monoisotopic (exact) mass is 244 g/mol. The first-order valence-corrected chi connectivity index (χ1v) is 6.29. The standard InChI is InChI=1S/C13H16N4O/c18-13(15-9-4-3-7-14-8-9)12-10-5-1-2-6-11(10)16-17-12/h1-2,5-6,9,14H,3-4,7-8H2,(H,15,18)(H,16,17). The van der Waals surface area contributed by atoms with Gasteiger partial charge in [-0.3, -0.25) is 9.89 Å². The highest BCUT2D eigenvalue weighted by molar-refractivity contribution is 6.04. The van der Waals surface area contributed by atoms with Gasteiger partial charge in [-0.05, 0) is 25.5 Å². The van der Waals surface area contributed by atoms with Gasteiger partial charge in [0.05, 0.1) is 5.52 Å². The Morgan fingerprint density at radius 3 is 3.11 bits per heavy atom. The number of carbonyl (C=O) groups is 1. The van der Waals surface area contributed by atoms with E-state index in [-0.39, 0.29) is 11.9 Å². The molecule has 94 valence electrons. The average Bonchev–Trinajstić information content (AvgIpc) is 2.84. The molecule has 3 rings (SSSR count). The molecule has 1 unspecified atom stereocenters. The minimum absolute atomic E-state index is 0.0962. The van der Waals surface area contributed by atoms with E-state index in [1.807, 2.05) is 24.3 Å². The molecule has 2 aromatic rings. The molecule has 1 fully saturated rings. The lowest BCUT2D eigenvalue weighted by Gasteiger charge is -2.23. The lowest BCUT2D eigenvalue weighted by molar-refractivity contribution is 0.0927. The highest BCUT2D eigenvalue weighted by atomic mass is 16.2. The van der Waals surface area contributed by atoms with Gasteiger partial charge in [0.15, 0.2) is 5.69 Å². The summed E-state index contributed by atoms with van der Waals surface area (Å²) in [4.78, 5) is 12.2. The molecular formula is C13H16N4O. The Morgan fingerprint density at radius 1 is 1.39 bits per heavy atom. The van der Waals surface area contributed by atoms with Crippen LogP contribution in [0.15, 0.2) is 24.3 Å². The number of nitrogens with zero attached hydrogens (tertiary/aromatic N) is 1. The van der Waals surface area contributed by atoms with E-state index in [1.165, 1.54) is 0 Å². The van der Waals surface area contributed by atoms with Gasteiger partial charge < -0.3 is 10.6 Å². The summed E-state index contributed by atoms with van der Waals surface area (Å²) in [6.07, 6.45) is 2.13. The first-order chi connectivity index (χ1) is 8.84. The van der Waals surface area contributed by atoms with Crippen molar-refractivity contribution in [3.8, 4) is 0 Å². The first-order valence-electron chi connectivity index (χ1n) is 6.29. The largest absolute Gasteiger partial charge is 0.347 e. The van der Waals surface area contributed by atoms with E-state index in [9.17, 15) is 4.79 Å². The van der Waals surface area contributed by atoms with Crippen LogP contribution >= 0.6 is 0 Å². The number of H-pyrrole nitrogens is 1. The van der Waals surface area contributed by atoms with Crippen molar-refractivity contribution in [1.82, 2.24) is 20.8 Å². The maximum Gasteiger partial charge on any atom is 0.272 e. The Balaban J connectivity index is 1.79. The second-order valence-electron chi connectivity index (χ2n) is 4.63. The third kappa shape index (κ3) is 2.09. The maximum absolute atomic E-state index is 12.2. The van der Waals surface area contributed by atoms with E-state index in [2.05, 4.69) is 20.8 Å². The van der Waals surface area contributed by atoms with Crippen molar-refractivity contribution in [2.75, 3.05) is 13.1 Å². The summed E-state index contributed by atoms with van der Waals surface area (Å²) >= 11 is 0. The Kier molecular flexibility index (Phi) is 2.98. The summed E-state index contributed by atoms with van der Waals surface area (Å²) in [7, 11) is 0. The molecule has 1 amide bonds. The number of fused-ring (bicyclic) bond motifs is 1. The van der Waals surface area contributed by atoms with E-state index in [4.69, 9.17) is 0 Å². The maximum atomic E-state index is 12.2. The minimum atomic E-state index is -0.0962. The topological polar surface area (TPSA) is 69.8 Å². The summed E-state index contributed by atoms with van der Waals surface area (Å²) in [5.74, 6) is -0.0962. The molecule has 0 spiro atoms. The molecule has 18 heavy (non-hydrogen) atoms. The quantitative estimate of drug-likeness (QED) is 0.739. The van der Waals surface area contributed by atoms with Crippen LogP contribution in [0.4, 0.5) is 0 Å². The van der Waals surface area contributed by atoms with Gasteiger partial charge in [0.1, 0.15) is 0 Å². The first kappa shape index (κ1) is 11.2. The third-order valence-corrected chi connectivity index (χ3v) is 3.32. The van der Waals surface area contributed by atoms with Crippen molar-refractivity contribution >= 4 is 16.8 Å². The molecule has 3 N–H and O–H groups in total. The smallest absolute Gasteiger partial charge is 0.272 e. The zero-order chi connectivity index (χ0) is 12.4. The number of hydrogen-bond acceptors (Lipinski definition) is 3. The molecule has 1 aromatic heterocycles. The predicted octanol–water partition coefficient (Wildman–Crippen LogP) is 1.04. The number of piperidine rings is 1. The number of carbonyl (C=O) groups excluding carboxylic acids is 1. The van der Waals surface area contributed by atoms with Crippen molar-refractivity contribution in [2.45, 2.75) is 18.9 Å². The van der Waals surface area contributed by atoms with E-state index in [0.29, 0.717) is 5.69 Å². The second kappa shape index (κ2) is 4.78. The van der Waals surface area contributed by atoms with Crippen LogP contribution in [0, 0.1) is 0 Å². The molecular weight excluding hydrogens is 228 g/mol. The highest BCUT2D eigenvalue weighted by Gasteiger charge is 2.19. The molecule has 0 bridgehead atoms. The van der Waals surface area contributed by atoms with E-state index < -0.39 is 0 Å². The van der Waals surface area contributed by atoms with Crippen molar-refractivity contribution < 1.29 is 4.79 Å². The molecule has 0 saturated carbocycles. The van der Waals surface area contributed by atoms with Crippen LogP contribution in [-0.4, -0.2) is 35.2 Å². The number of hydrogen-bond donors (Lipinski definition) is 3. The fraction of sp³-hybridized carbons (Fsp3) is 0.385. The van der Waals surface area contributed by atoms with Crippen molar-refractivity contribution in [3.63, 3.8) is 0 Å². The SMILES string of the molecule is O=C(NC1CCCNC1)c1n[nH]c2ccccc12. The summed E-state index contributed by atoms with van der Waals surface area (Å²) in [6.45, 7) is 1.88. The predicted molar refractivity (Wildman–Crippen MR) is 69.5 cm³/mol. The molecule has 1 aliphatic heterocycles. The van der Waals surface area contributed by atoms with Gasteiger partial charge in [0.25, 0.3) is 5.91 Å². The van der Waals surface area contributed by atoms with Gasteiger partial charge in [-0.15, -0.1) is 0 Å². The molecule has 0 radical (unpaired) electrons. The number of aromatic amines is 1. The van der Waals surface area contributed by atoms with Gasteiger partial charge >= 0.3 is 0 Å². The fourth-order valence-corrected chi connectivity index (χ4v) is 2.37. The Bertz CT molecular complexity index is 557. The van der Waals surface area contributed by atoms with Crippen LogP contribution < -0.4 is 10.6 Å². The van der Waals surface area contributed by atoms with E-state index >= 15 is 0 Å². The zero-order valence-corrected chi connectivity index (χ0v) is 10.1. The van der Waals surface area contributed by atoms with Crippen molar-refractivity contribution in [2.24, 2.45) is 0 Å². The average molecular weight is 244 g/mol. The van der Waals surface area contributed by atoms with Gasteiger partial charge in [0.2, 0.25) is 0 Å². The summed E-state index contributed by atoms with van der Waals surface area (Å²) < 4.78 is 0. The molecule has 1 aromatic carbocycles. The molecule has 0 aliphatic carbocycles. The number of aromatic nitrogens is 2. The van der Waals surface area contributed by atoms with Gasteiger partial charge in [-0.2, -0.15) is 5.10 Å². The number of nitrogens with one attached hydrogen (secondary N) is 3. The molecule has 1 saturated heterocycles. The molecule has 5 heteroatoms. The normalized spacial score (nSPS) is 19.9. The molecule has 5 nitrogen and oxygen atoms in total. The van der Waals surface area contributed by atoms with Crippen LogP contribution in [0.1, 0.15) is 23.3 Å². The third-order valence-electron chi connectivity index (χ3n) is 3.32. The van der Waals surface area contributed by atoms with Crippen LogP contribution in [0.2, 0.25) is 0 Å². The van der Waals surface area contributed by atoms with Crippen LogP contribution in [0.5, 0.6) is 0 Å². The lowest BCUT2D eigenvalue weighted by Crippen LogP contribution is -2.45. The Morgan fingerprint density at radius 2 is 2.28 bits per heavy atom. The van der Waals surface area contributed by atoms with Gasteiger partial charge in [0, 0.05) is 18.0 Å². The van der Waals surface area contributed by atoms with E-state index in [1.54, 1.807) is 0 Å². The van der Waals surface area contributed by atoms with Crippen molar-refractivity contribution in [1.29, 1.82) is 0 Å². The number of benzene rings is 1. The number of para-hydroxylation sites is 1. The number of amides is 1. The zero-order valence-electron chi connectivity index (χ0n) is 10.1. The fourth-order valence-electron chi connectivity index (χ4n) is 2.37.